The zero-order valence-electron chi connectivity index (χ0n) is 17.8. The van der Waals surface area contributed by atoms with E-state index in [1.54, 1.807) is 31.0 Å². The number of hydrogen-bond acceptors (Lipinski definition) is 8. The minimum atomic E-state index is 0. The third-order valence-corrected chi connectivity index (χ3v) is 4.72. The minimum absolute atomic E-state index is 0. The van der Waals surface area contributed by atoms with Gasteiger partial charge in [0, 0.05) is 56.7 Å². The molecular formula is C24H17IrN8-. The number of aryl methyl sites for hydroxylation is 2. The molecule has 0 aliphatic rings. The summed E-state index contributed by atoms with van der Waals surface area (Å²) in [6.07, 6.45) is 8.54. The molecule has 163 valence electrons. The van der Waals surface area contributed by atoms with Crippen LogP contribution < -0.4 is 0 Å². The Morgan fingerprint density at radius 2 is 1.09 bits per heavy atom. The van der Waals surface area contributed by atoms with Gasteiger partial charge in [-0.15, -0.1) is 35.9 Å². The van der Waals surface area contributed by atoms with Crippen molar-refractivity contribution >= 4 is 0 Å². The van der Waals surface area contributed by atoms with Crippen molar-refractivity contribution in [2.75, 3.05) is 0 Å². The summed E-state index contributed by atoms with van der Waals surface area (Å²) in [5.41, 5.74) is 3.89. The molecule has 0 saturated carbocycles. The molecular weight excluding hydrogens is 593 g/mol. The van der Waals surface area contributed by atoms with Crippen LogP contribution >= 0.6 is 0 Å². The van der Waals surface area contributed by atoms with E-state index in [0.29, 0.717) is 40.2 Å². The van der Waals surface area contributed by atoms with Crippen molar-refractivity contribution in [3.8, 4) is 45.4 Å². The number of benzene rings is 1. The second kappa shape index (κ2) is 9.77. The van der Waals surface area contributed by atoms with Crippen LogP contribution in [0.15, 0.2) is 67.4 Å². The molecule has 5 aromatic rings. The van der Waals surface area contributed by atoms with Crippen molar-refractivity contribution in [1.82, 2.24) is 39.9 Å². The van der Waals surface area contributed by atoms with Gasteiger partial charge in [-0.2, -0.15) is 0 Å². The molecule has 9 heteroatoms. The van der Waals surface area contributed by atoms with Crippen LogP contribution in [0, 0.1) is 19.9 Å². The van der Waals surface area contributed by atoms with E-state index in [9.17, 15) is 0 Å². The van der Waals surface area contributed by atoms with Gasteiger partial charge < -0.3 is 4.98 Å². The van der Waals surface area contributed by atoms with Crippen LogP contribution in [0.1, 0.15) is 11.6 Å². The van der Waals surface area contributed by atoms with Crippen LogP contribution in [0.4, 0.5) is 0 Å². The van der Waals surface area contributed by atoms with E-state index < -0.39 is 0 Å². The Balaban J connectivity index is 0.00000259. The Kier molecular flexibility index (Phi) is 6.63. The van der Waals surface area contributed by atoms with E-state index in [-0.39, 0.29) is 20.1 Å². The van der Waals surface area contributed by atoms with Crippen molar-refractivity contribution in [1.29, 1.82) is 0 Å². The van der Waals surface area contributed by atoms with Gasteiger partial charge in [0.1, 0.15) is 11.6 Å². The van der Waals surface area contributed by atoms with Crippen molar-refractivity contribution in [2.45, 2.75) is 13.8 Å². The second-order valence-corrected chi connectivity index (χ2v) is 7.05. The quantitative estimate of drug-likeness (QED) is 0.283. The summed E-state index contributed by atoms with van der Waals surface area (Å²) < 4.78 is 0. The first-order valence-corrected chi connectivity index (χ1v) is 9.93. The van der Waals surface area contributed by atoms with Gasteiger partial charge in [0.15, 0.2) is 17.5 Å². The smallest absolute Gasteiger partial charge is 0.167 e. The molecule has 0 atom stereocenters. The van der Waals surface area contributed by atoms with Crippen LogP contribution in [0.3, 0.4) is 0 Å². The fraction of sp³-hybridized carbons (Fsp3) is 0.0833. The fourth-order valence-electron chi connectivity index (χ4n) is 3.02. The third-order valence-electron chi connectivity index (χ3n) is 4.72. The largest absolute Gasteiger partial charge is 0.304 e. The Bertz CT molecular complexity index is 1290. The summed E-state index contributed by atoms with van der Waals surface area (Å²) in [7, 11) is 0. The van der Waals surface area contributed by atoms with Gasteiger partial charge in [0.05, 0.1) is 11.1 Å². The summed E-state index contributed by atoms with van der Waals surface area (Å²) >= 11 is 0. The minimum Gasteiger partial charge on any atom is -0.304 e. The van der Waals surface area contributed by atoms with Gasteiger partial charge in [-0.05, 0) is 19.5 Å². The molecule has 0 spiro atoms. The molecule has 0 bridgehead atoms. The Morgan fingerprint density at radius 3 is 1.55 bits per heavy atom. The first kappa shape index (κ1) is 22.4. The van der Waals surface area contributed by atoms with E-state index >= 15 is 0 Å². The molecule has 0 unspecified atom stereocenters. The van der Waals surface area contributed by atoms with Crippen LogP contribution in [0.5, 0.6) is 0 Å². The normalized spacial score (nSPS) is 10.5. The Morgan fingerprint density at radius 1 is 0.576 bits per heavy atom. The van der Waals surface area contributed by atoms with E-state index in [1.165, 1.54) is 0 Å². The first-order valence-electron chi connectivity index (χ1n) is 9.93. The molecule has 5 rings (SSSR count). The zero-order chi connectivity index (χ0) is 21.9. The van der Waals surface area contributed by atoms with E-state index in [1.807, 2.05) is 50.2 Å². The predicted octanol–water partition coefficient (Wildman–Crippen LogP) is 3.93. The first-order chi connectivity index (χ1) is 15.7. The molecule has 1 radical (unpaired) electrons. The number of pyridine rings is 1. The van der Waals surface area contributed by atoms with E-state index in [4.69, 9.17) is 0 Å². The van der Waals surface area contributed by atoms with Crippen molar-refractivity contribution in [3.63, 3.8) is 0 Å². The Labute approximate surface area is 204 Å². The van der Waals surface area contributed by atoms with Crippen molar-refractivity contribution in [3.05, 3.63) is 85.1 Å². The average Bonchev–Trinajstić information content (AvgIpc) is 2.85. The third kappa shape index (κ3) is 5.00. The van der Waals surface area contributed by atoms with Gasteiger partial charge in [-0.1, -0.05) is 12.1 Å². The van der Waals surface area contributed by atoms with Gasteiger partial charge in [0.25, 0.3) is 0 Å². The molecule has 0 fully saturated rings. The summed E-state index contributed by atoms with van der Waals surface area (Å²) in [4.78, 5) is 35.6. The number of nitrogens with zero attached hydrogens (tertiary/aromatic N) is 8. The molecule has 0 N–H and O–H groups in total. The van der Waals surface area contributed by atoms with Gasteiger partial charge in [-0.3, -0.25) is 0 Å². The molecule has 4 aromatic heterocycles. The summed E-state index contributed by atoms with van der Waals surface area (Å²) in [6.45, 7) is 3.66. The molecule has 0 aliphatic heterocycles. The van der Waals surface area contributed by atoms with Crippen LogP contribution in [0.25, 0.3) is 45.4 Å². The van der Waals surface area contributed by atoms with Gasteiger partial charge in [-0.25, -0.2) is 34.9 Å². The summed E-state index contributed by atoms with van der Waals surface area (Å²) in [5.74, 6) is 2.76. The molecule has 0 aliphatic carbocycles. The number of rotatable bonds is 4. The topological polar surface area (TPSA) is 103 Å². The summed E-state index contributed by atoms with van der Waals surface area (Å²) in [5, 5.41) is 0. The van der Waals surface area contributed by atoms with E-state index in [0.717, 1.165) is 16.8 Å². The Hall–Kier alpha value is -3.81. The van der Waals surface area contributed by atoms with Crippen LogP contribution in [0.2, 0.25) is 0 Å². The predicted molar refractivity (Wildman–Crippen MR) is 119 cm³/mol. The monoisotopic (exact) mass is 610 g/mol. The molecule has 4 heterocycles. The summed E-state index contributed by atoms with van der Waals surface area (Å²) in [6, 6.07) is 14.8. The van der Waals surface area contributed by atoms with E-state index in [2.05, 4.69) is 45.9 Å². The number of aromatic nitrogens is 8. The van der Waals surface area contributed by atoms with Crippen LogP contribution in [-0.2, 0) is 20.1 Å². The molecule has 1 aromatic carbocycles. The zero-order valence-corrected chi connectivity index (χ0v) is 20.2. The molecule has 33 heavy (non-hydrogen) atoms. The van der Waals surface area contributed by atoms with Gasteiger partial charge in [0.2, 0.25) is 0 Å². The maximum atomic E-state index is 4.66. The SMILES string of the molecule is Cc1ncc(-c2nc(-c3ccc(-c4[c-]cccc4)nc3)nc(-c3cnc(C)nc3)n2)cn1.[Ir]. The van der Waals surface area contributed by atoms with Crippen LogP contribution in [-0.4, -0.2) is 39.9 Å². The maximum Gasteiger partial charge on any atom is 0.167 e. The van der Waals surface area contributed by atoms with Gasteiger partial charge >= 0.3 is 0 Å². The number of hydrogen-bond donors (Lipinski definition) is 0. The maximum absolute atomic E-state index is 4.66. The fourth-order valence-corrected chi connectivity index (χ4v) is 3.02. The average molecular weight is 610 g/mol. The van der Waals surface area contributed by atoms with Crippen molar-refractivity contribution in [2.24, 2.45) is 0 Å². The van der Waals surface area contributed by atoms with Crippen molar-refractivity contribution < 1.29 is 20.1 Å². The molecule has 8 nitrogen and oxygen atoms in total. The molecule has 0 saturated heterocycles. The standard InChI is InChI=1S/C24H17N8.Ir/c1-15-25-11-19(12-26-15)23-30-22(31-24(32-23)20-13-27-16(2)28-14-20)18-8-9-21(29-10-18)17-6-4-3-5-7-17;/h3-6,8-14H,1-2H3;/q-1;. The molecule has 0 amide bonds. The second-order valence-electron chi connectivity index (χ2n) is 7.05.